The zero-order chi connectivity index (χ0) is 15.5. The first-order chi connectivity index (χ1) is 9.87. The monoisotopic (exact) mass is 309 g/mol. The van der Waals surface area contributed by atoms with Gasteiger partial charge in [0.15, 0.2) is 0 Å². The molecule has 0 aliphatic carbocycles. The predicted octanol–water partition coefficient (Wildman–Crippen LogP) is 1.71. The molecule has 0 radical (unpaired) electrons. The standard InChI is InChI=1S/C14H16FN3O2S/c1-10(8-11-2-4-12(15)5-3-11)18-21(19,20)13-6-7-17-14(16)9-13/h2-7,9-10,18H,8H2,1H3,(H2,16,17). The van der Waals surface area contributed by atoms with Crippen LogP contribution in [0.3, 0.4) is 0 Å². The van der Waals surface area contributed by atoms with Crippen LogP contribution in [0.4, 0.5) is 10.2 Å². The molecule has 1 atom stereocenters. The molecule has 3 N–H and O–H groups in total. The second kappa shape index (κ2) is 6.19. The summed E-state index contributed by atoms with van der Waals surface area (Å²) in [5, 5.41) is 0. The Morgan fingerprint density at radius 3 is 2.57 bits per heavy atom. The highest BCUT2D eigenvalue weighted by molar-refractivity contribution is 7.89. The van der Waals surface area contributed by atoms with E-state index in [1.807, 2.05) is 0 Å². The van der Waals surface area contributed by atoms with Crippen LogP contribution in [0.25, 0.3) is 0 Å². The minimum absolute atomic E-state index is 0.0703. The van der Waals surface area contributed by atoms with Gasteiger partial charge in [-0.3, -0.25) is 0 Å². The molecule has 0 bridgehead atoms. The number of nitrogens with zero attached hydrogens (tertiary/aromatic N) is 1. The molecule has 0 saturated carbocycles. The highest BCUT2D eigenvalue weighted by Crippen LogP contribution is 2.12. The maximum atomic E-state index is 12.8. The number of pyridine rings is 1. The zero-order valence-corrected chi connectivity index (χ0v) is 12.3. The Labute approximate surface area is 123 Å². The maximum Gasteiger partial charge on any atom is 0.241 e. The summed E-state index contributed by atoms with van der Waals surface area (Å²) in [5.41, 5.74) is 6.33. The number of nitrogens with one attached hydrogen (secondary N) is 1. The topological polar surface area (TPSA) is 85.1 Å². The average Bonchev–Trinajstić information content (AvgIpc) is 2.41. The molecular formula is C14H16FN3O2S. The van der Waals surface area contributed by atoms with Gasteiger partial charge in [0.25, 0.3) is 0 Å². The molecule has 0 spiro atoms. The minimum Gasteiger partial charge on any atom is -0.384 e. The Bertz CT molecular complexity index is 717. The first-order valence-electron chi connectivity index (χ1n) is 6.35. The van der Waals surface area contributed by atoms with Crippen LogP contribution in [0.15, 0.2) is 47.5 Å². The smallest absolute Gasteiger partial charge is 0.241 e. The van der Waals surface area contributed by atoms with E-state index >= 15 is 0 Å². The fourth-order valence-corrected chi connectivity index (χ4v) is 3.21. The largest absolute Gasteiger partial charge is 0.384 e. The first-order valence-corrected chi connectivity index (χ1v) is 7.83. The Morgan fingerprint density at radius 2 is 1.95 bits per heavy atom. The molecule has 2 aromatic rings. The number of anilines is 1. The second-order valence-corrected chi connectivity index (χ2v) is 6.48. The van der Waals surface area contributed by atoms with Crippen molar-refractivity contribution in [3.05, 3.63) is 54.0 Å². The van der Waals surface area contributed by atoms with E-state index in [9.17, 15) is 12.8 Å². The predicted molar refractivity (Wildman–Crippen MR) is 78.5 cm³/mol. The van der Waals surface area contributed by atoms with Crippen LogP contribution in [-0.2, 0) is 16.4 Å². The molecule has 1 unspecified atom stereocenters. The van der Waals surface area contributed by atoms with Gasteiger partial charge in [-0.15, -0.1) is 0 Å². The normalized spacial score (nSPS) is 13.0. The van der Waals surface area contributed by atoms with Gasteiger partial charge in [0.1, 0.15) is 11.6 Å². The number of halogens is 1. The summed E-state index contributed by atoms with van der Waals surface area (Å²) in [6, 6.07) is 8.29. The van der Waals surface area contributed by atoms with E-state index in [0.717, 1.165) is 5.56 Å². The number of aromatic nitrogens is 1. The van der Waals surface area contributed by atoms with E-state index in [1.165, 1.54) is 30.5 Å². The van der Waals surface area contributed by atoms with Gasteiger partial charge in [-0.05, 0) is 37.1 Å². The van der Waals surface area contributed by atoms with Crippen LogP contribution >= 0.6 is 0 Å². The van der Waals surface area contributed by atoms with Gasteiger partial charge in [-0.25, -0.2) is 22.5 Å². The van der Waals surface area contributed by atoms with E-state index < -0.39 is 10.0 Å². The molecule has 1 aromatic heterocycles. The maximum absolute atomic E-state index is 12.8. The lowest BCUT2D eigenvalue weighted by Crippen LogP contribution is -2.34. The molecule has 1 heterocycles. The number of hydrogen-bond acceptors (Lipinski definition) is 4. The number of benzene rings is 1. The summed E-state index contributed by atoms with van der Waals surface area (Å²) < 4.78 is 39.8. The third-order valence-electron chi connectivity index (χ3n) is 2.87. The zero-order valence-electron chi connectivity index (χ0n) is 11.5. The lowest BCUT2D eigenvalue weighted by Gasteiger charge is -2.14. The number of rotatable bonds is 5. The lowest BCUT2D eigenvalue weighted by atomic mass is 10.1. The van der Waals surface area contributed by atoms with E-state index in [-0.39, 0.29) is 22.6 Å². The fourth-order valence-electron chi connectivity index (χ4n) is 1.94. The van der Waals surface area contributed by atoms with Gasteiger partial charge in [-0.2, -0.15) is 0 Å². The highest BCUT2D eigenvalue weighted by Gasteiger charge is 2.18. The van der Waals surface area contributed by atoms with Crippen molar-refractivity contribution in [3.63, 3.8) is 0 Å². The van der Waals surface area contributed by atoms with E-state index in [4.69, 9.17) is 5.73 Å². The second-order valence-electron chi connectivity index (χ2n) is 4.77. The Morgan fingerprint density at radius 1 is 1.29 bits per heavy atom. The van der Waals surface area contributed by atoms with Crippen molar-refractivity contribution in [3.8, 4) is 0 Å². The van der Waals surface area contributed by atoms with Gasteiger partial charge in [0.2, 0.25) is 10.0 Å². The number of hydrogen-bond donors (Lipinski definition) is 2. The highest BCUT2D eigenvalue weighted by atomic mass is 32.2. The number of nitrogen functional groups attached to an aromatic ring is 1. The molecule has 2 rings (SSSR count). The van der Waals surface area contributed by atoms with E-state index in [1.54, 1.807) is 19.1 Å². The molecule has 0 fully saturated rings. The molecule has 0 aliphatic rings. The van der Waals surface area contributed by atoms with Crippen molar-refractivity contribution in [1.82, 2.24) is 9.71 Å². The van der Waals surface area contributed by atoms with E-state index in [2.05, 4.69) is 9.71 Å². The van der Waals surface area contributed by atoms with Crippen LogP contribution < -0.4 is 10.5 Å². The Kier molecular flexibility index (Phi) is 4.54. The van der Waals surface area contributed by atoms with Crippen LogP contribution in [-0.4, -0.2) is 19.4 Å². The third kappa shape index (κ3) is 4.24. The molecule has 21 heavy (non-hydrogen) atoms. The summed E-state index contributed by atoms with van der Waals surface area (Å²) in [6.07, 6.45) is 1.80. The van der Waals surface area contributed by atoms with Crippen LogP contribution in [0.5, 0.6) is 0 Å². The van der Waals surface area contributed by atoms with Gasteiger partial charge in [0, 0.05) is 18.3 Å². The van der Waals surface area contributed by atoms with Crippen molar-refractivity contribution >= 4 is 15.8 Å². The molecule has 5 nitrogen and oxygen atoms in total. The molecular weight excluding hydrogens is 293 g/mol. The molecule has 0 aliphatic heterocycles. The first kappa shape index (κ1) is 15.4. The summed E-state index contributed by atoms with van der Waals surface area (Å²) in [7, 11) is -3.65. The molecule has 1 aromatic carbocycles. The molecule has 7 heteroatoms. The summed E-state index contributed by atoms with van der Waals surface area (Å²) in [4.78, 5) is 3.83. The van der Waals surface area contributed by atoms with Gasteiger partial charge in [-0.1, -0.05) is 12.1 Å². The van der Waals surface area contributed by atoms with Gasteiger partial charge in [0.05, 0.1) is 4.90 Å². The van der Waals surface area contributed by atoms with E-state index in [0.29, 0.717) is 6.42 Å². The van der Waals surface area contributed by atoms with Crippen LogP contribution in [0, 0.1) is 5.82 Å². The summed E-state index contributed by atoms with van der Waals surface area (Å²) in [6.45, 7) is 1.74. The number of nitrogens with two attached hydrogens (primary N) is 1. The van der Waals surface area contributed by atoms with Crippen molar-refractivity contribution in [2.24, 2.45) is 0 Å². The van der Waals surface area contributed by atoms with Gasteiger partial charge < -0.3 is 5.73 Å². The molecule has 112 valence electrons. The quantitative estimate of drug-likeness (QED) is 0.880. The Balaban J connectivity index is 2.07. The Hall–Kier alpha value is -1.99. The fraction of sp³-hybridized carbons (Fsp3) is 0.214. The third-order valence-corrected chi connectivity index (χ3v) is 4.46. The van der Waals surface area contributed by atoms with Crippen LogP contribution in [0.2, 0.25) is 0 Å². The minimum atomic E-state index is -3.65. The number of sulfonamides is 1. The van der Waals surface area contributed by atoms with Crippen molar-refractivity contribution < 1.29 is 12.8 Å². The lowest BCUT2D eigenvalue weighted by molar-refractivity contribution is 0.559. The molecule has 0 amide bonds. The van der Waals surface area contributed by atoms with Crippen molar-refractivity contribution in [2.45, 2.75) is 24.3 Å². The molecule has 0 saturated heterocycles. The van der Waals surface area contributed by atoms with Crippen molar-refractivity contribution in [1.29, 1.82) is 0 Å². The summed E-state index contributed by atoms with van der Waals surface area (Å²) in [5.74, 6) is -0.177. The van der Waals surface area contributed by atoms with Gasteiger partial charge >= 0.3 is 0 Å². The SMILES string of the molecule is CC(Cc1ccc(F)cc1)NS(=O)(=O)c1ccnc(N)c1. The van der Waals surface area contributed by atoms with Crippen molar-refractivity contribution in [2.75, 3.05) is 5.73 Å². The summed E-state index contributed by atoms with van der Waals surface area (Å²) >= 11 is 0. The van der Waals surface area contributed by atoms with Crippen LogP contribution in [0.1, 0.15) is 12.5 Å². The average molecular weight is 309 g/mol.